The second-order valence-electron chi connectivity index (χ2n) is 4.07. The van der Waals surface area contributed by atoms with Crippen molar-refractivity contribution in [2.45, 2.75) is 13.8 Å². The molecule has 5 nitrogen and oxygen atoms in total. The van der Waals surface area contributed by atoms with E-state index in [1.165, 1.54) is 4.90 Å². The number of anilines is 1. The minimum absolute atomic E-state index is 0.267. The molecular weight excluding hydrogens is 246 g/mol. The van der Waals surface area contributed by atoms with Crippen molar-refractivity contribution in [2.24, 2.45) is 5.92 Å². The average molecular weight is 265 g/mol. The number of nitrogens with zero attached hydrogens (tertiary/aromatic N) is 1. The Hall–Kier alpha value is -2.04. The Labute approximate surface area is 113 Å². The number of amides is 1. The van der Waals surface area contributed by atoms with E-state index in [1.54, 1.807) is 52.3 Å². The number of hydrogen-bond acceptors (Lipinski definition) is 4. The van der Waals surface area contributed by atoms with Gasteiger partial charge in [-0.05, 0) is 38.1 Å². The molecule has 0 radical (unpaired) electrons. The van der Waals surface area contributed by atoms with Gasteiger partial charge in [-0.1, -0.05) is 0 Å². The second kappa shape index (κ2) is 6.78. The van der Waals surface area contributed by atoms with Gasteiger partial charge in [-0.15, -0.1) is 0 Å². The third kappa shape index (κ3) is 3.71. The van der Waals surface area contributed by atoms with Gasteiger partial charge in [0.25, 0.3) is 0 Å². The molecule has 0 bridgehead atoms. The van der Waals surface area contributed by atoms with Crippen LogP contribution in [-0.2, 0) is 14.3 Å². The van der Waals surface area contributed by atoms with E-state index in [2.05, 4.69) is 0 Å². The van der Waals surface area contributed by atoms with E-state index in [-0.39, 0.29) is 12.5 Å². The molecule has 1 rings (SSSR count). The fourth-order valence-corrected chi connectivity index (χ4v) is 1.59. The summed E-state index contributed by atoms with van der Waals surface area (Å²) in [5.41, 5.74) is 0.696. The lowest BCUT2D eigenvalue weighted by Gasteiger charge is -2.20. The van der Waals surface area contributed by atoms with Crippen LogP contribution in [0.5, 0.6) is 5.75 Å². The fraction of sp³-hybridized carbons (Fsp3) is 0.429. The third-order valence-corrected chi connectivity index (χ3v) is 2.80. The number of rotatable bonds is 5. The van der Waals surface area contributed by atoms with E-state index in [0.717, 1.165) is 0 Å². The molecule has 1 amide bonds. The summed E-state index contributed by atoms with van der Waals surface area (Å²) < 4.78 is 9.89. The first-order chi connectivity index (χ1) is 9.01. The van der Waals surface area contributed by atoms with Crippen LogP contribution in [0, 0.1) is 5.92 Å². The molecule has 0 aliphatic carbocycles. The quantitative estimate of drug-likeness (QED) is 0.602. The van der Waals surface area contributed by atoms with Crippen molar-refractivity contribution in [2.75, 3.05) is 25.7 Å². The van der Waals surface area contributed by atoms with Crippen LogP contribution in [0.25, 0.3) is 0 Å². The number of esters is 1. The van der Waals surface area contributed by atoms with Crippen LogP contribution < -0.4 is 9.64 Å². The number of hydrogen-bond donors (Lipinski definition) is 0. The lowest BCUT2D eigenvalue weighted by Crippen LogP contribution is -2.36. The number of benzene rings is 1. The zero-order valence-corrected chi connectivity index (χ0v) is 11.7. The van der Waals surface area contributed by atoms with Crippen molar-refractivity contribution in [3.8, 4) is 5.75 Å². The average Bonchev–Trinajstić information content (AvgIpc) is 2.45. The lowest BCUT2D eigenvalue weighted by atomic mass is 10.1. The molecule has 1 aromatic carbocycles. The van der Waals surface area contributed by atoms with Crippen molar-refractivity contribution < 1.29 is 19.1 Å². The minimum atomic E-state index is -0.813. The number of methoxy groups -OCH3 is 1. The van der Waals surface area contributed by atoms with Crippen LogP contribution >= 0.6 is 0 Å². The molecule has 19 heavy (non-hydrogen) atoms. The standard InChI is InChI=1S/C14H19NO4/c1-5-19-14(17)10(2)13(16)15(3)11-6-8-12(18-4)9-7-11/h6-10H,5H2,1-4H3. The predicted octanol–water partition coefficient (Wildman–Crippen LogP) is 1.86. The Morgan fingerprint density at radius 1 is 1.26 bits per heavy atom. The van der Waals surface area contributed by atoms with Crippen molar-refractivity contribution >= 4 is 17.6 Å². The molecule has 0 aromatic heterocycles. The molecule has 0 spiro atoms. The summed E-state index contributed by atoms with van der Waals surface area (Å²) in [6, 6.07) is 7.03. The van der Waals surface area contributed by atoms with Gasteiger partial charge in [0.15, 0.2) is 0 Å². The molecule has 1 aromatic rings. The maximum Gasteiger partial charge on any atom is 0.318 e. The van der Waals surface area contributed by atoms with Crippen molar-refractivity contribution in [3.05, 3.63) is 24.3 Å². The highest BCUT2D eigenvalue weighted by molar-refractivity contribution is 6.05. The van der Waals surface area contributed by atoms with Crippen LogP contribution in [0.2, 0.25) is 0 Å². The lowest BCUT2D eigenvalue weighted by molar-refractivity contribution is -0.150. The monoisotopic (exact) mass is 265 g/mol. The molecule has 0 saturated carbocycles. The van der Waals surface area contributed by atoms with Crippen LogP contribution in [0.15, 0.2) is 24.3 Å². The van der Waals surface area contributed by atoms with Gasteiger partial charge in [0.1, 0.15) is 11.7 Å². The summed E-state index contributed by atoms with van der Waals surface area (Å²) in [6.45, 7) is 3.52. The Bertz CT molecular complexity index is 441. The summed E-state index contributed by atoms with van der Waals surface area (Å²) in [5.74, 6) is -0.911. The normalized spacial score (nSPS) is 11.6. The van der Waals surface area contributed by atoms with E-state index in [4.69, 9.17) is 9.47 Å². The van der Waals surface area contributed by atoms with Gasteiger partial charge < -0.3 is 14.4 Å². The summed E-state index contributed by atoms with van der Waals surface area (Å²) in [5, 5.41) is 0. The molecule has 104 valence electrons. The SMILES string of the molecule is CCOC(=O)C(C)C(=O)N(C)c1ccc(OC)cc1. The Balaban J connectivity index is 2.77. The summed E-state index contributed by atoms with van der Waals surface area (Å²) >= 11 is 0. The highest BCUT2D eigenvalue weighted by Gasteiger charge is 2.26. The number of carbonyl (C=O) groups excluding carboxylic acids is 2. The molecule has 0 aliphatic heterocycles. The Kier molecular flexibility index (Phi) is 5.36. The van der Waals surface area contributed by atoms with Gasteiger partial charge in [-0.3, -0.25) is 9.59 Å². The molecule has 0 fully saturated rings. The topological polar surface area (TPSA) is 55.8 Å². The van der Waals surface area contributed by atoms with E-state index in [9.17, 15) is 9.59 Å². The molecule has 0 heterocycles. The van der Waals surface area contributed by atoms with Gasteiger partial charge in [-0.2, -0.15) is 0 Å². The first kappa shape index (κ1) is 15.0. The van der Waals surface area contributed by atoms with Gasteiger partial charge >= 0.3 is 5.97 Å². The summed E-state index contributed by atoms with van der Waals surface area (Å²) in [4.78, 5) is 25.1. The van der Waals surface area contributed by atoms with E-state index < -0.39 is 11.9 Å². The van der Waals surface area contributed by atoms with E-state index >= 15 is 0 Å². The molecule has 1 unspecified atom stereocenters. The second-order valence-corrected chi connectivity index (χ2v) is 4.07. The zero-order valence-electron chi connectivity index (χ0n) is 11.7. The van der Waals surface area contributed by atoms with E-state index in [0.29, 0.717) is 11.4 Å². The first-order valence-electron chi connectivity index (χ1n) is 6.09. The largest absolute Gasteiger partial charge is 0.497 e. The van der Waals surface area contributed by atoms with Crippen LogP contribution in [0.3, 0.4) is 0 Å². The van der Waals surface area contributed by atoms with Gasteiger partial charge in [0.2, 0.25) is 5.91 Å². The van der Waals surface area contributed by atoms with Crippen molar-refractivity contribution in [1.29, 1.82) is 0 Å². The molecule has 0 aliphatic rings. The molecule has 5 heteroatoms. The molecule has 0 N–H and O–H groups in total. The highest BCUT2D eigenvalue weighted by Crippen LogP contribution is 2.19. The van der Waals surface area contributed by atoms with Crippen molar-refractivity contribution in [3.63, 3.8) is 0 Å². The predicted molar refractivity (Wildman–Crippen MR) is 72.2 cm³/mol. The molecule has 1 atom stereocenters. The van der Waals surface area contributed by atoms with Gasteiger partial charge in [0, 0.05) is 12.7 Å². The first-order valence-corrected chi connectivity index (χ1v) is 6.09. The summed E-state index contributed by atoms with van der Waals surface area (Å²) in [6.07, 6.45) is 0. The minimum Gasteiger partial charge on any atom is -0.497 e. The van der Waals surface area contributed by atoms with Crippen LogP contribution in [-0.4, -0.2) is 32.6 Å². The Morgan fingerprint density at radius 3 is 2.32 bits per heavy atom. The fourth-order valence-electron chi connectivity index (χ4n) is 1.59. The number of carbonyl (C=O) groups is 2. The highest BCUT2D eigenvalue weighted by atomic mass is 16.5. The van der Waals surface area contributed by atoms with Gasteiger partial charge in [-0.25, -0.2) is 0 Å². The smallest absolute Gasteiger partial charge is 0.318 e. The maximum absolute atomic E-state index is 12.1. The molecular formula is C14H19NO4. The van der Waals surface area contributed by atoms with Crippen LogP contribution in [0.1, 0.15) is 13.8 Å². The number of ether oxygens (including phenoxy) is 2. The molecule has 0 saturated heterocycles. The van der Waals surface area contributed by atoms with E-state index in [1.807, 2.05) is 0 Å². The van der Waals surface area contributed by atoms with Crippen molar-refractivity contribution in [1.82, 2.24) is 0 Å². The third-order valence-electron chi connectivity index (χ3n) is 2.80. The Morgan fingerprint density at radius 2 is 1.84 bits per heavy atom. The zero-order chi connectivity index (χ0) is 14.4. The summed E-state index contributed by atoms with van der Waals surface area (Å²) in [7, 11) is 3.20. The van der Waals surface area contributed by atoms with Gasteiger partial charge in [0.05, 0.1) is 13.7 Å². The maximum atomic E-state index is 12.1. The van der Waals surface area contributed by atoms with Crippen LogP contribution in [0.4, 0.5) is 5.69 Å².